The Bertz CT molecular complexity index is 533. The molecule has 0 saturated carbocycles. The highest BCUT2D eigenvalue weighted by Gasteiger charge is 2.11. The molecule has 15 heavy (non-hydrogen) atoms. The van der Waals surface area contributed by atoms with Crippen LogP contribution in [-0.2, 0) is 18.3 Å². The SMILES string of the molecule is Cn1nc2cc(Cl)ccc2c1CC(=O)O. The smallest absolute Gasteiger partial charge is 0.309 e. The van der Waals surface area contributed by atoms with Gasteiger partial charge >= 0.3 is 5.97 Å². The van der Waals surface area contributed by atoms with Gasteiger partial charge in [-0.3, -0.25) is 9.48 Å². The number of benzene rings is 1. The molecule has 0 aliphatic carbocycles. The molecule has 0 aliphatic rings. The number of aromatic nitrogens is 2. The van der Waals surface area contributed by atoms with E-state index in [0.717, 1.165) is 10.9 Å². The first-order valence-corrected chi connectivity index (χ1v) is 4.78. The highest BCUT2D eigenvalue weighted by Crippen LogP contribution is 2.21. The fourth-order valence-electron chi connectivity index (χ4n) is 1.58. The monoisotopic (exact) mass is 224 g/mol. The number of aryl methyl sites for hydroxylation is 1. The summed E-state index contributed by atoms with van der Waals surface area (Å²) in [5, 5.41) is 14.4. The Morgan fingerprint density at radius 3 is 3.00 bits per heavy atom. The largest absolute Gasteiger partial charge is 0.481 e. The van der Waals surface area contributed by atoms with Gasteiger partial charge in [0.2, 0.25) is 0 Å². The molecular formula is C10H9ClN2O2. The third-order valence-corrected chi connectivity index (χ3v) is 2.47. The quantitative estimate of drug-likeness (QED) is 0.847. The van der Waals surface area contributed by atoms with Gasteiger partial charge in [0.05, 0.1) is 17.6 Å². The molecule has 0 spiro atoms. The molecule has 2 aromatic rings. The van der Waals surface area contributed by atoms with Crippen molar-refractivity contribution in [2.45, 2.75) is 6.42 Å². The lowest BCUT2D eigenvalue weighted by molar-refractivity contribution is -0.136. The fraction of sp³-hybridized carbons (Fsp3) is 0.200. The number of halogens is 1. The van der Waals surface area contributed by atoms with Crippen molar-refractivity contribution in [3.8, 4) is 0 Å². The van der Waals surface area contributed by atoms with E-state index in [2.05, 4.69) is 5.10 Å². The van der Waals surface area contributed by atoms with E-state index < -0.39 is 5.97 Å². The van der Waals surface area contributed by atoms with Crippen LogP contribution in [0.15, 0.2) is 18.2 Å². The van der Waals surface area contributed by atoms with Crippen molar-refractivity contribution in [3.05, 3.63) is 28.9 Å². The second kappa shape index (κ2) is 3.55. The van der Waals surface area contributed by atoms with Crippen LogP contribution in [0.1, 0.15) is 5.69 Å². The maximum absolute atomic E-state index is 10.7. The third-order valence-electron chi connectivity index (χ3n) is 2.24. The molecule has 2 rings (SSSR count). The van der Waals surface area contributed by atoms with E-state index in [4.69, 9.17) is 16.7 Å². The summed E-state index contributed by atoms with van der Waals surface area (Å²) in [6.45, 7) is 0. The number of fused-ring (bicyclic) bond motifs is 1. The van der Waals surface area contributed by atoms with E-state index in [1.807, 2.05) is 0 Å². The van der Waals surface area contributed by atoms with Crippen molar-refractivity contribution in [2.24, 2.45) is 7.05 Å². The normalized spacial score (nSPS) is 10.8. The Kier molecular flexibility index (Phi) is 2.36. The molecule has 0 saturated heterocycles. The number of carboxylic acid groups (broad SMARTS) is 1. The van der Waals surface area contributed by atoms with E-state index in [9.17, 15) is 4.79 Å². The summed E-state index contributed by atoms with van der Waals surface area (Å²) in [7, 11) is 1.73. The summed E-state index contributed by atoms with van der Waals surface area (Å²) >= 11 is 5.82. The first-order valence-electron chi connectivity index (χ1n) is 4.41. The summed E-state index contributed by atoms with van der Waals surface area (Å²) < 4.78 is 1.58. The van der Waals surface area contributed by atoms with Gasteiger partial charge in [-0.15, -0.1) is 0 Å². The predicted octanol–water partition coefficient (Wildman–Crippen LogP) is 1.85. The Balaban J connectivity index is 2.63. The van der Waals surface area contributed by atoms with E-state index in [-0.39, 0.29) is 6.42 Å². The van der Waals surface area contributed by atoms with Gasteiger partial charge in [0.1, 0.15) is 0 Å². The number of carboxylic acids is 1. The third kappa shape index (κ3) is 1.80. The van der Waals surface area contributed by atoms with E-state index in [0.29, 0.717) is 10.7 Å². The summed E-state index contributed by atoms with van der Waals surface area (Å²) in [4.78, 5) is 10.7. The Hall–Kier alpha value is -1.55. The van der Waals surface area contributed by atoms with Crippen LogP contribution >= 0.6 is 11.6 Å². The highest BCUT2D eigenvalue weighted by atomic mass is 35.5. The van der Waals surface area contributed by atoms with Gasteiger partial charge in [-0.1, -0.05) is 11.6 Å². The van der Waals surface area contributed by atoms with Gasteiger partial charge in [-0.2, -0.15) is 5.10 Å². The molecule has 0 fully saturated rings. The van der Waals surface area contributed by atoms with Crippen LogP contribution in [0.5, 0.6) is 0 Å². The van der Waals surface area contributed by atoms with Crippen LogP contribution in [0.3, 0.4) is 0 Å². The van der Waals surface area contributed by atoms with E-state index >= 15 is 0 Å². The van der Waals surface area contributed by atoms with Gasteiger partial charge < -0.3 is 5.11 Å². The lowest BCUT2D eigenvalue weighted by Crippen LogP contribution is -2.06. The summed E-state index contributed by atoms with van der Waals surface area (Å²) in [6, 6.07) is 5.25. The van der Waals surface area contributed by atoms with Crippen LogP contribution in [0.2, 0.25) is 5.02 Å². The molecule has 5 heteroatoms. The average Bonchev–Trinajstić information content (AvgIpc) is 2.41. The van der Waals surface area contributed by atoms with Crippen LogP contribution in [-0.4, -0.2) is 20.9 Å². The van der Waals surface area contributed by atoms with E-state index in [1.54, 1.807) is 29.9 Å². The van der Waals surface area contributed by atoms with E-state index in [1.165, 1.54) is 0 Å². The Labute approximate surface area is 91.1 Å². The molecule has 0 radical (unpaired) electrons. The standard InChI is InChI=1S/C10H9ClN2O2/c1-13-9(5-10(14)15)7-3-2-6(11)4-8(7)12-13/h2-4H,5H2,1H3,(H,14,15). The maximum atomic E-state index is 10.7. The van der Waals surface area contributed by atoms with Gasteiger partial charge in [0, 0.05) is 17.5 Å². The summed E-state index contributed by atoms with van der Waals surface area (Å²) in [5.74, 6) is -0.866. The summed E-state index contributed by atoms with van der Waals surface area (Å²) in [5.41, 5.74) is 1.41. The first kappa shape index (κ1) is 9.98. The second-order valence-electron chi connectivity index (χ2n) is 3.30. The number of rotatable bonds is 2. The molecule has 1 aromatic carbocycles. The predicted molar refractivity (Wildman–Crippen MR) is 57.1 cm³/mol. The minimum atomic E-state index is -0.866. The number of carbonyl (C=O) groups is 1. The van der Waals surface area contributed by atoms with Crippen molar-refractivity contribution < 1.29 is 9.90 Å². The Morgan fingerprint density at radius 1 is 1.60 bits per heavy atom. The lowest BCUT2D eigenvalue weighted by atomic mass is 10.1. The average molecular weight is 225 g/mol. The molecule has 0 amide bonds. The fourth-order valence-corrected chi connectivity index (χ4v) is 1.75. The van der Waals surface area contributed by atoms with Crippen LogP contribution < -0.4 is 0 Å². The summed E-state index contributed by atoms with van der Waals surface area (Å²) in [6.07, 6.45) is -0.0331. The van der Waals surface area contributed by atoms with Crippen molar-refractivity contribution in [1.29, 1.82) is 0 Å². The molecule has 0 bridgehead atoms. The van der Waals surface area contributed by atoms with Crippen LogP contribution in [0.4, 0.5) is 0 Å². The maximum Gasteiger partial charge on any atom is 0.309 e. The highest BCUT2D eigenvalue weighted by molar-refractivity contribution is 6.31. The van der Waals surface area contributed by atoms with Gasteiger partial charge in [0.25, 0.3) is 0 Å². The zero-order valence-electron chi connectivity index (χ0n) is 8.07. The number of nitrogens with zero attached hydrogens (tertiary/aromatic N) is 2. The topological polar surface area (TPSA) is 55.1 Å². The number of aliphatic carboxylic acids is 1. The minimum Gasteiger partial charge on any atom is -0.481 e. The zero-order valence-corrected chi connectivity index (χ0v) is 8.82. The van der Waals surface area contributed by atoms with Gasteiger partial charge in [-0.25, -0.2) is 0 Å². The lowest BCUT2D eigenvalue weighted by Gasteiger charge is -1.97. The molecule has 0 atom stereocenters. The number of hydrogen-bond donors (Lipinski definition) is 1. The molecule has 1 aromatic heterocycles. The Morgan fingerprint density at radius 2 is 2.33 bits per heavy atom. The molecule has 0 aliphatic heterocycles. The zero-order chi connectivity index (χ0) is 11.0. The first-order chi connectivity index (χ1) is 7.08. The van der Waals surface area contributed by atoms with Gasteiger partial charge in [-0.05, 0) is 18.2 Å². The van der Waals surface area contributed by atoms with Crippen molar-refractivity contribution >= 4 is 28.5 Å². The number of hydrogen-bond acceptors (Lipinski definition) is 2. The van der Waals surface area contributed by atoms with Crippen molar-refractivity contribution in [1.82, 2.24) is 9.78 Å². The molecule has 4 nitrogen and oxygen atoms in total. The van der Waals surface area contributed by atoms with Crippen molar-refractivity contribution in [3.63, 3.8) is 0 Å². The van der Waals surface area contributed by atoms with Crippen molar-refractivity contribution in [2.75, 3.05) is 0 Å². The molecule has 0 unspecified atom stereocenters. The van der Waals surface area contributed by atoms with Crippen LogP contribution in [0.25, 0.3) is 10.9 Å². The van der Waals surface area contributed by atoms with Crippen LogP contribution in [0, 0.1) is 0 Å². The minimum absolute atomic E-state index is 0.0331. The molecule has 78 valence electrons. The molecule has 1 N–H and O–H groups in total. The molecular weight excluding hydrogens is 216 g/mol. The van der Waals surface area contributed by atoms with Gasteiger partial charge in [0.15, 0.2) is 0 Å². The second-order valence-corrected chi connectivity index (χ2v) is 3.74. The molecule has 1 heterocycles.